The quantitative estimate of drug-likeness (QED) is 0.530. The lowest BCUT2D eigenvalue weighted by Gasteiger charge is -2.12. The van der Waals surface area contributed by atoms with E-state index in [1.165, 1.54) is 0 Å². The number of carboxylic acids is 1. The Kier molecular flexibility index (Phi) is 5.93. The molecule has 1 rings (SSSR count). The Morgan fingerprint density at radius 1 is 1.41 bits per heavy atom. The number of hydrogen-bond acceptors (Lipinski definition) is 4. The van der Waals surface area contributed by atoms with E-state index in [0.29, 0.717) is 26.0 Å². The zero-order chi connectivity index (χ0) is 12.7. The summed E-state index contributed by atoms with van der Waals surface area (Å²) in [6, 6.07) is 0.00725. The molecule has 6 heteroatoms. The van der Waals surface area contributed by atoms with Crippen LogP contribution in [0, 0.1) is 5.92 Å². The fourth-order valence-electron chi connectivity index (χ4n) is 1.99. The number of methoxy groups -OCH3 is 1. The summed E-state index contributed by atoms with van der Waals surface area (Å²) in [7, 11) is 1.60. The van der Waals surface area contributed by atoms with Crippen molar-refractivity contribution in [2.45, 2.75) is 25.3 Å². The molecule has 98 valence electrons. The van der Waals surface area contributed by atoms with Crippen LogP contribution in [0.25, 0.3) is 0 Å². The molecule has 0 aromatic carbocycles. The second-order valence-electron chi connectivity index (χ2n) is 4.28. The molecular formula is C11H20N2O4. The zero-order valence-electron chi connectivity index (χ0n) is 10.1. The molecule has 1 fully saturated rings. The number of aliphatic carboxylic acids is 1. The van der Waals surface area contributed by atoms with E-state index >= 15 is 0 Å². The minimum absolute atomic E-state index is 0.00725. The van der Waals surface area contributed by atoms with Crippen LogP contribution in [0.15, 0.2) is 0 Å². The molecular weight excluding hydrogens is 224 g/mol. The van der Waals surface area contributed by atoms with E-state index in [9.17, 15) is 9.59 Å². The van der Waals surface area contributed by atoms with Gasteiger partial charge in [0.05, 0.1) is 19.1 Å². The highest BCUT2D eigenvalue weighted by Gasteiger charge is 2.30. The molecule has 0 aliphatic heterocycles. The maximum atomic E-state index is 11.5. The Morgan fingerprint density at radius 2 is 2.18 bits per heavy atom. The second-order valence-corrected chi connectivity index (χ2v) is 4.28. The summed E-state index contributed by atoms with van der Waals surface area (Å²) < 4.78 is 4.84. The molecule has 2 atom stereocenters. The SMILES string of the molecule is COCCNCC(=O)NC1CCC(C(=O)O)C1. The molecule has 0 aromatic rings. The van der Waals surface area contributed by atoms with E-state index < -0.39 is 5.97 Å². The average Bonchev–Trinajstić information content (AvgIpc) is 2.73. The molecule has 0 bridgehead atoms. The molecule has 0 saturated heterocycles. The maximum Gasteiger partial charge on any atom is 0.306 e. The number of ether oxygens (including phenoxy) is 1. The first-order valence-corrected chi connectivity index (χ1v) is 5.85. The molecule has 0 heterocycles. The standard InChI is InChI=1S/C11H20N2O4/c1-17-5-4-12-7-10(14)13-9-3-2-8(6-9)11(15)16/h8-9,12H,2-7H2,1H3,(H,13,14)(H,15,16). The lowest BCUT2D eigenvalue weighted by atomic mass is 10.1. The predicted molar refractivity (Wildman–Crippen MR) is 61.7 cm³/mol. The van der Waals surface area contributed by atoms with Gasteiger partial charge in [-0.3, -0.25) is 9.59 Å². The summed E-state index contributed by atoms with van der Waals surface area (Å²) in [5.41, 5.74) is 0. The van der Waals surface area contributed by atoms with Gasteiger partial charge in [0.2, 0.25) is 5.91 Å². The van der Waals surface area contributed by atoms with Gasteiger partial charge in [0.25, 0.3) is 0 Å². The van der Waals surface area contributed by atoms with Crippen LogP contribution in [0.5, 0.6) is 0 Å². The molecule has 3 N–H and O–H groups in total. The van der Waals surface area contributed by atoms with Crippen molar-refractivity contribution in [3.8, 4) is 0 Å². The molecule has 0 spiro atoms. The first-order chi connectivity index (χ1) is 8.13. The van der Waals surface area contributed by atoms with Gasteiger partial charge in [-0.25, -0.2) is 0 Å². The van der Waals surface area contributed by atoms with E-state index in [4.69, 9.17) is 9.84 Å². The molecule has 17 heavy (non-hydrogen) atoms. The number of amides is 1. The van der Waals surface area contributed by atoms with Crippen LogP contribution in [-0.4, -0.2) is 49.8 Å². The van der Waals surface area contributed by atoms with Gasteiger partial charge in [0.15, 0.2) is 0 Å². The van der Waals surface area contributed by atoms with Crippen molar-refractivity contribution >= 4 is 11.9 Å². The Balaban J connectivity index is 2.13. The van der Waals surface area contributed by atoms with Crippen molar-refractivity contribution in [3.63, 3.8) is 0 Å². The van der Waals surface area contributed by atoms with E-state index in [-0.39, 0.29) is 24.4 Å². The first-order valence-electron chi connectivity index (χ1n) is 5.85. The fourth-order valence-corrected chi connectivity index (χ4v) is 1.99. The number of carbonyl (C=O) groups excluding carboxylic acids is 1. The van der Waals surface area contributed by atoms with E-state index in [1.807, 2.05) is 0 Å². The third-order valence-corrected chi connectivity index (χ3v) is 2.92. The van der Waals surface area contributed by atoms with Gasteiger partial charge in [0, 0.05) is 19.7 Å². The van der Waals surface area contributed by atoms with Crippen LogP contribution in [0.2, 0.25) is 0 Å². The Morgan fingerprint density at radius 3 is 2.76 bits per heavy atom. The molecule has 0 radical (unpaired) electrons. The highest BCUT2D eigenvalue weighted by Crippen LogP contribution is 2.25. The zero-order valence-corrected chi connectivity index (χ0v) is 10.1. The van der Waals surface area contributed by atoms with E-state index in [0.717, 1.165) is 6.42 Å². The van der Waals surface area contributed by atoms with Crippen molar-refractivity contribution in [1.29, 1.82) is 0 Å². The molecule has 1 saturated carbocycles. The topological polar surface area (TPSA) is 87.7 Å². The van der Waals surface area contributed by atoms with Crippen LogP contribution in [0.4, 0.5) is 0 Å². The van der Waals surface area contributed by atoms with E-state index in [1.54, 1.807) is 7.11 Å². The molecule has 2 unspecified atom stereocenters. The minimum atomic E-state index is -0.764. The Hall–Kier alpha value is -1.14. The Bertz CT molecular complexity index is 270. The van der Waals surface area contributed by atoms with Gasteiger partial charge in [-0.2, -0.15) is 0 Å². The Labute approximate surface area is 101 Å². The van der Waals surface area contributed by atoms with Gasteiger partial charge in [-0.15, -0.1) is 0 Å². The average molecular weight is 244 g/mol. The summed E-state index contributed by atoms with van der Waals surface area (Å²) in [4.78, 5) is 22.2. The van der Waals surface area contributed by atoms with E-state index in [2.05, 4.69) is 10.6 Å². The van der Waals surface area contributed by atoms with Crippen LogP contribution in [-0.2, 0) is 14.3 Å². The number of hydrogen-bond donors (Lipinski definition) is 3. The lowest BCUT2D eigenvalue weighted by Crippen LogP contribution is -2.40. The largest absolute Gasteiger partial charge is 0.481 e. The van der Waals surface area contributed by atoms with Crippen LogP contribution >= 0.6 is 0 Å². The summed E-state index contributed by atoms with van der Waals surface area (Å²) >= 11 is 0. The van der Waals surface area contributed by atoms with Crippen LogP contribution in [0.3, 0.4) is 0 Å². The van der Waals surface area contributed by atoms with Gasteiger partial charge >= 0.3 is 5.97 Å². The first kappa shape index (κ1) is 13.9. The lowest BCUT2D eigenvalue weighted by molar-refractivity contribution is -0.141. The molecule has 1 aliphatic carbocycles. The maximum absolute atomic E-state index is 11.5. The normalized spacial score (nSPS) is 23.6. The van der Waals surface area contributed by atoms with Gasteiger partial charge in [-0.05, 0) is 19.3 Å². The predicted octanol–water partition coefficient (Wildman–Crippen LogP) is -0.408. The third-order valence-electron chi connectivity index (χ3n) is 2.92. The van der Waals surface area contributed by atoms with Crippen LogP contribution < -0.4 is 10.6 Å². The smallest absolute Gasteiger partial charge is 0.306 e. The van der Waals surface area contributed by atoms with Gasteiger partial charge in [-0.1, -0.05) is 0 Å². The highest BCUT2D eigenvalue weighted by molar-refractivity contribution is 5.78. The number of nitrogens with one attached hydrogen (secondary N) is 2. The fraction of sp³-hybridized carbons (Fsp3) is 0.818. The molecule has 1 amide bonds. The minimum Gasteiger partial charge on any atom is -0.481 e. The summed E-state index contributed by atoms with van der Waals surface area (Å²) in [5, 5.41) is 14.6. The third kappa shape index (κ3) is 5.14. The number of carbonyl (C=O) groups is 2. The van der Waals surface area contributed by atoms with Crippen LogP contribution in [0.1, 0.15) is 19.3 Å². The highest BCUT2D eigenvalue weighted by atomic mass is 16.5. The monoisotopic (exact) mass is 244 g/mol. The van der Waals surface area contributed by atoms with Crippen molar-refractivity contribution in [2.75, 3.05) is 26.8 Å². The van der Waals surface area contributed by atoms with Crippen molar-refractivity contribution in [1.82, 2.24) is 10.6 Å². The van der Waals surface area contributed by atoms with Crippen molar-refractivity contribution in [3.05, 3.63) is 0 Å². The summed E-state index contributed by atoms with van der Waals surface area (Å²) in [5.74, 6) is -1.15. The van der Waals surface area contributed by atoms with Crippen molar-refractivity contribution in [2.24, 2.45) is 5.92 Å². The number of rotatable bonds is 7. The summed E-state index contributed by atoms with van der Waals surface area (Å²) in [6.45, 7) is 1.45. The number of carboxylic acid groups (broad SMARTS) is 1. The van der Waals surface area contributed by atoms with Gasteiger partial charge < -0.3 is 20.5 Å². The molecule has 6 nitrogen and oxygen atoms in total. The molecule has 0 aromatic heterocycles. The molecule has 1 aliphatic rings. The van der Waals surface area contributed by atoms with Gasteiger partial charge in [0.1, 0.15) is 0 Å². The summed E-state index contributed by atoms with van der Waals surface area (Å²) in [6.07, 6.45) is 1.94. The second kappa shape index (κ2) is 7.24. The van der Waals surface area contributed by atoms with Crippen molar-refractivity contribution < 1.29 is 19.4 Å².